The monoisotopic (exact) mass is 614 g/mol. The van der Waals surface area contributed by atoms with Crippen LogP contribution >= 0.6 is 11.3 Å². The molecule has 0 saturated carbocycles. The highest BCUT2D eigenvalue weighted by atomic mass is 32.2. The lowest BCUT2D eigenvalue weighted by Gasteiger charge is -2.17. The van der Waals surface area contributed by atoms with E-state index in [4.69, 9.17) is 4.98 Å². The highest BCUT2D eigenvalue weighted by molar-refractivity contribution is 7.93. The van der Waals surface area contributed by atoms with Crippen molar-refractivity contribution in [2.75, 3.05) is 11.0 Å². The van der Waals surface area contributed by atoms with Crippen molar-refractivity contribution in [1.29, 1.82) is 0 Å². The van der Waals surface area contributed by atoms with E-state index in [1.807, 2.05) is 38.1 Å². The van der Waals surface area contributed by atoms with Crippen molar-refractivity contribution in [1.82, 2.24) is 4.98 Å². The molecule has 3 aromatic carbocycles. The zero-order chi connectivity index (χ0) is 30.2. The molecule has 0 radical (unpaired) electrons. The van der Waals surface area contributed by atoms with Gasteiger partial charge in [0, 0.05) is 11.8 Å². The molecule has 4 aromatic rings. The van der Waals surface area contributed by atoms with Gasteiger partial charge in [0.25, 0.3) is 10.0 Å². The van der Waals surface area contributed by atoms with E-state index in [1.165, 1.54) is 24.3 Å². The number of hydrogen-bond donors (Lipinski definition) is 1. The minimum atomic E-state index is -4.17. The molecule has 218 valence electrons. The molecule has 0 fully saturated rings. The summed E-state index contributed by atoms with van der Waals surface area (Å²) in [5.41, 5.74) is 4.97. The first kappa shape index (κ1) is 30.9. The molecule has 1 N–H and O–H groups in total. The Morgan fingerprint density at radius 1 is 0.902 bits per heavy atom. The number of anilines is 1. The molecular formula is C31H35FN2O4S3. The molecule has 0 spiro atoms. The molecule has 41 heavy (non-hydrogen) atoms. The summed E-state index contributed by atoms with van der Waals surface area (Å²) in [7, 11) is -7.77. The normalized spacial score (nSPS) is 12.5. The molecule has 1 heterocycles. The summed E-state index contributed by atoms with van der Waals surface area (Å²) < 4.78 is 68.1. The minimum Gasteiger partial charge on any atom is -0.255 e. The molecule has 0 unspecified atom stereocenters. The number of nitrogens with zero attached hydrogens (tertiary/aromatic N) is 1. The van der Waals surface area contributed by atoms with Crippen LogP contribution in [0, 0.1) is 25.1 Å². The van der Waals surface area contributed by atoms with Crippen LogP contribution in [0.5, 0.6) is 0 Å². The zero-order valence-electron chi connectivity index (χ0n) is 24.1. The maximum atomic E-state index is 14.9. The number of benzene rings is 3. The van der Waals surface area contributed by atoms with Crippen molar-refractivity contribution in [3.8, 4) is 21.7 Å². The van der Waals surface area contributed by atoms with E-state index in [2.05, 4.69) is 25.5 Å². The average molecular weight is 615 g/mol. The van der Waals surface area contributed by atoms with E-state index < -0.39 is 19.9 Å². The second-order valence-electron chi connectivity index (χ2n) is 11.6. The Bertz CT molecular complexity index is 1790. The van der Waals surface area contributed by atoms with Crippen LogP contribution in [0.4, 0.5) is 9.52 Å². The first-order chi connectivity index (χ1) is 19.0. The van der Waals surface area contributed by atoms with Gasteiger partial charge in [0.15, 0.2) is 15.0 Å². The number of rotatable bonds is 9. The van der Waals surface area contributed by atoms with Crippen LogP contribution in [-0.4, -0.2) is 28.1 Å². The highest BCUT2D eigenvalue weighted by Crippen LogP contribution is 2.42. The van der Waals surface area contributed by atoms with Crippen LogP contribution in [0.25, 0.3) is 21.7 Å². The van der Waals surface area contributed by atoms with Crippen LogP contribution < -0.4 is 4.72 Å². The molecule has 0 bridgehead atoms. The maximum absolute atomic E-state index is 14.9. The first-order valence-corrected chi connectivity index (χ1v) is 17.4. The topological polar surface area (TPSA) is 93.2 Å². The summed E-state index contributed by atoms with van der Waals surface area (Å²) in [4.78, 5) is 5.04. The lowest BCUT2D eigenvalue weighted by Crippen LogP contribution is -2.13. The predicted molar refractivity (Wildman–Crippen MR) is 165 cm³/mol. The van der Waals surface area contributed by atoms with Crippen LogP contribution in [0.1, 0.15) is 50.3 Å². The Hall–Kier alpha value is -3.08. The van der Waals surface area contributed by atoms with Gasteiger partial charge in [-0.15, -0.1) is 0 Å². The van der Waals surface area contributed by atoms with E-state index in [0.29, 0.717) is 16.1 Å². The Labute approximate surface area is 246 Å². The first-order valence-electron chi connectivity index (χ1n) is 13.2. The molecule has 0 saturated heterocycles. The van der Waals surface area contributed by atoms with E-state index in [1.54, 1.807) is 6.07 Å². The molecule has 0 amide bonds. The van der Waals surface area contributed by atoms with E-state index in [9.17, 15) is 21.2 Å². The van der Waals surface area contributed by atoms with Crippen LogP contribution in [0.15, 0.2) is 70.5 Å². The summed E-state index contributed by atoms with van der Waals surface area (Å²) in [5.74, 6) is -0.367. The molecule has 0 aliphatic heterocycles. The van der Waals surface area contributed by atoms with Gasteiger partial charge in [0.1, 0.15) is 5.82 Å². The number of aryl methyl sites for hydroxylation is 3. The average Bonchev–Trinajstić information content (AvgIpc) is 3.25. The Morgan fingerprint density at radius 3 is 2.17 bits per heavy atom. The highest BCUT2D eigenvalue weighted by Gasteiger charge is 2.24. The van der Waals surface area contributed by atoms with Gasteiger partial charge in [-0.2, -0.15) is 0 Å². The molecule has 0 aliphatic carbocycles. The van der Waals surface area contributed by atoms with Crippen molar-refractivity contribution in [3.05, 3.63) is 83.2 Å². The summed E-state index contributed by atoms with van der Waals surface area (Å²) in [6.07, 6.45) is 3.65. The van der Waals surface area contributed by atoms with Gasteiger partial charge in [-0.05, 0) is 91.1 Å². The number of nitrogens with one attached hydrogen (secondary N) is 1. The van der Waals surface area contributed by atoms with E-state index in [-0.39, 0.29) is 26.2 Å². The smallest absolute Gasteiger partial charge is 0.255 e. The third-order valence-corrected chi connectivity index (χ3v) is 10.3. The molecule has 6 nitrogen and oxygen atoms in total. The molecule has 4 rings (SSSR count). The Kier molecular flexibility index (Phi) is 8.78. The van der Waals surface area contributed by atoms with E-state index >= 15 is 0 Å². The van der Waals surface area contributed by atoms with Crippen molar-refractivity contribution < 1.29 is 21.2 Å². The molecule has 0 aliphatic rings. The molecule has 10 heteroatoms. The predicted octanol–water partition coefficient (Wildman–Crippen LogP) is 7.81. The van der Waals surface area contributed by atoms with Gasteiger partial charge < -0.3 is 0 Å². The van der Waals surface area contributed by atoms with Gasteiger partial charge in [0.05, 0.1) is 20.4 Å². The third-order valence-electron chi connectivity index (χ3n) is 6.72. The Morgan fingerprint density at radius 2 is 1.54 bits per heavy atom. The Balaban J connectivity index is 1.80. The number of aromatic nitrogens is 1. The SMILES string of the molecule is Cc1cccc(C)c1-c1nc(NS(=O)(=O)c2cccc(S(C)(=O)=O)c2)sc1-c1cc(F)cc(CCCC(C)(C)C)c1. The summed E-state index contributed by atoms with van der Waals surface area (Å²) >= 11 is 1.12. The van der Waals surface area contributed by atoms with Gasteiger partial charge in [-0.1, -0.05) is 62.4 Å². The fraction of sp³-hybridized carbons (Fsp3) is 0.323. The van der Waals surface area contributed by atoms with Gasteiger partial charge in [-0.3, -0.25) is 4.72 Å². The lowest BCUT2D eigenvalue weighted by molar-refractivity contribution is 0.365. The van der Waals surface area contributed by atoms with Crippen molar-refractivity contribution >= 4 is 36.3 Å². The molecule has 0 atom stereocenters. The number of sulfonamides is 1. The second kappa shape index (κ2) is 11.7. The van der Waals surface area contributed by atoms with Crippen molar-refractivity contribution in [2.45, 2.75) is 63.7 Å². The van der Waals surface area contributed by atoms with Crippen LogP contribution in [0.3, 0.4) is 0 Å². The maximum Gasteiger partial charge on any atom is 0.263 e. The van der Waals surface area contributed by atoms with Gasteiger partial charge in [0.2, 0.25) is 0 Å². The van der Waals surface area contributed by atoms with Crippen molar-refractivity contribution in [2.24, 2.45) is 5.41 Å². The second-order valence-corrected chi connectivity index (χ2v) is 16.3. The fourth-order valence-electron chi connectivity index (χ4n) is 4.71. The van der Waals surface area contributed by atoms with E-state index in [0.717, 1.165) is 65.2 Å². The molecular weight excluding hydrogens is 580 g/mol. The summed E-state index contributed by atoms with van der Waals surface area (Å²) in [6, 6.07) is 16.0. The zero-order valence-corrected chi connectivity index (χ0v) is 26.5. The van der Waals surface area contributed by atoms with Crippen molar-refractivity contribution in [3.63, 3.8) is 0 Å². The lowest BCUT2D eigenvalue weighted by atomic mass is 9.89. The minimum absolute atomic E-state index is 0.0981. The number of thiazole rings is 1. The summed E-state index contributed by atoms with van der Waals surface area (Å²) in [5, 5.41) is 0.0981. The van der Waals surface area contributed by atoms with Gasteiger partial charge >= 0.3 is 0 Å². The largest absolute Gasteiger partial charge is 0.263 e. The molecule has 1 aromatic heterocycles. The van der Waals surface area contributed by atoms with Crippen LogP contribution in [0.2, 0.25) is 0 Å². The number of halogens is 1. The summed E-state index contributed by atoms with van der Waals surface area (Å²) in [6.45, 7) is 10.4. The quantitative estimate of drug-likeness (QED) is 0.208. The van der Waals surface area contributed by atoms with Gasteiger partial charge in [-0.25, -0.2) is 26.2 Å². The number of hydrogen-bond acceptors (Lipinski definition) is 6. The van der Waals surface area contributed by atoms with Crippen LogP contribution in [-0.2, 0) is 26.3 Å². The third kappa shape index (κ3) is 7.61. The number of sulfone groups is 1. The standard InChI is InChI=1S/C31H35FN2O4S3/c1-20-10-7-11-21(2)27(20)28-29(23-16-22(17-24(32)18-23)12-9-15-31(3,4)5)39-30(33-28)34-41(37,38)26-14-8-13-25(19-26)40(6,35)36/h7-8,10-11,13-14,16-19H,9,12,15H2,1-6H3,(H,33,34). The fourth-order valence-corrected chi connectivity index (χ4v) is 7.69.